The largest absolute Gasteiger partial charge is 0.368 e. The van der Waals surface area contributed by atoms with Crippen molar-refractivity contribution in [3.8, 4) is 0 Å². The molecule has 0 bridgehead atoms. The Morgan fingerprint density at radius 3 is 2.67 bits per heavy atom. The molecule has 0 aliphatic carbocycles. The average molecular weight is 247 g/mol. The Hall–Kier alpha value is -1.35. The summed E-state index contributed by atoms with van der Waals surface area (Å²) in [4.78, 5) is 12.1. The molecule has 1 aliphatic heterocycles. The van der Waals surface area contributed by atoms with Gasteiger partial charge < -0.3 is 10.1 Å². The maximum Gasteiger partial charge on any atom is 0.253 e. The van der Waals surface area contributed by atoms with Gasteiger partial charge in [-0.15, -0.1) is 0 Å². The van der Waals surface area contributed by atoms with E-state index in [0.29, 0.717) is 6.61 Å². The topological polar surface area (TPSA) is 38.3 Å². The van der Waals surface area contributed by atoms with Gasteiger partial charge in [-0.3, -0.25) is 4.79 Å². The summed E-state index contributed by atoms with van der Waals surface area (Å²) in [7, 11) is 0. The van der Waals surface area contributed by atoms with E-state index in [1.807, 2.05) is 18.2 Å². The van der Waals surface area contributed by atoms with Gasteiger partial charge in [-0.1, -0.05) is 39.0 Å². The van der Waals surface area contributed by atoms with E-state index in [0.717, 1.165) is 24.1 Å². The minimum atomic E-state index is -0.280. The number of hydrogen-bond donors (Lipinski definition) is 1. The van der Waals surface area contributed by atoms with Crippen LogP contribution in [0.1, 0.15) is 39.2 Å². The lowest BCUT2D eigenvalue weighted by Crippen LogP contribution is -2.28. The molecule has 1 amide bonds. The Morgan fingerprint density at radius 2 is 2.06 bits per heavy atom. The molecule has 2 rings (SSSR count). The van der Waals surface area contributed by atoms with Crippen LogP contribution in [0.4, 0.5) is 5.69 Å². The highest BCUT2D eigenvalue weighted by atomic mass is 16.5. The lowest BCUT2D eigenvalue weighted by Gasteiger charge is -2.23. The third-order valence-electron chi connectivity index (χ3n) is 3.22. The summed E-state index contributed by atoms with van der Waals surface area (Å²) in [6.45, 7) is 7.12. The zero-order valence-electron chi connectivity index (χ0n) is 11.3. The molecule has 0 aromatic heterocycles. The van der Waals surface area contributed by atoms with Gasteiger partial charge in [0.1, 0.15) is 6.10 Å². The summed E-state index contributed by atoms with van der Waals surface area (Å²) in [5.74, 6) is -0.0239. The molecule has 1 heterocycles. The molecular formula is C15H21NO2. The van der Waals surface area contributed by atoms with Crippen LogP contribution >= 0.6 is 0 Å². The summed E-state index contributed by atoms with van der Waals surface area (Å²) in [6.07, 6.45) is 1.51. The Balaban J connectivity index is 2.16. The van der Waals surface area contributed by atoms with Crippen LogP contribution in [0.3, 0.4) is 0 Å². The minimum Gasteiger partial charge on any atom is -0.368 e. The first kappa shape index (κ1) is 13.1. The Kier molecular flexibility index (Phi) is 3.71. The van der Waals surface area contributed by atoms with E-state index in [4.69, 9.17) is 4.74 Å². The quantitative estimate of drug-likeness (QED) is 0.872. The van der Waals surface area contributed by atoms with Gasteiger partial charge in [0.2, 0.25) is 0 Å². The van der Waals surface area contributed by atoms with Crippen molar-refractivity contribution in [1.29, 1.82) is 0 Å². The molecule has 98 valence electrons. The first-order valence-electron chi connectivity index (χ1n) is 6.50. The van der Waals surface area contributed by atoms with Crippen molar-refractivity contribution >= 4 is 11.6 Å². The normalized spacial score (nSPS) is 19.8. The van der Waals surface area contributed by atoms with Crippen LogP contribution in [-0.2, 0) is 14.9 Å². The molecule has 1 aromatic rings. The number of anilines is 1. The monoisotopic (exact) mass is 247 g/mol. The Labute approximate surface area is 109 Å². The minimum absolute atomic E-state index is 0.0143. The van der Waals surface area contributed by atoms with Gasteiger partial charge in [-0.25, -0.2) is 0 Å². The number of rotatable bonds is 2. The maximum absolute atomic E-state index is 12.1. The summed E-state index contributed by atoms with van der Waals surface area (Å²) in [5.41, 5.74) is 2.06. The van der Waals surface area contributed by atoms with Crippen LogP contribution in [0, 0.1) is 0 Å². The van der Waals surface area contributed by atoms with Crippen LogP contribution in [-0.4, -0.2) is 18.6 Å². The zero-order valence-corrected chi connectivity index (χ0v) is 11.3. The van der Waals surface area contributed by atoms with Gasteiger partial charge in [-0.2, -0.15) is 0 Å². The highest BCUT2D eigenvalue weighted by molar-refractivity contribution is 5.95. The molecule has 0 radical (unpaired) electrons. The third-order valence-corrected chi connectivity index (χ3v) is 3.22. The summed E-state index contributed by atoms with van der Waals surface area (Å²) in [6, 6.07) is 7.96. The van der Waals surface area contributed by atoms with Crippen LogP contribution in [0.2, 0.25) is 0 Å². The number of para-hydroxylation sites is 1. The Morgan fingerprint density at radius 1 is 1.33 bits per heavy atom. The van der Waals surface area contributed by atoms with E-state index in [1.54, 1.807) is 0 Å². The number of nitrogens with one attached hydrogen (secondary N) is 1. The van der Waals surface area contributed by atoms with E-state index in [1.165, 1.54) is 0 Å². The molecule has 0 unspecified atom stereocenters. The van der Waals surface area contributed by atoms with Gasteiger partial charge in [-0.05, 0) is 29.9 Å². The second-order valence-electron chi connectivity index (χ2n) is 5.79. The fraction of sp³-hybridized carbons (Fsp3) is 0.533. The molecule has 0 saturated carbocycles. The summed E-state index contributed by atoms with van der Waals surface area (Å²) >= 11 is 0. The summed E-state index contributed by atoms with van der Waals surface area (Å²) < 4.78 is 5.40. The molecule has 1 aliphatic rings. The molecule has 1 N–H and O–H groups in total. The molecule has 0 spiro atoms. The molecule has 3 heteroatoms. The number of carbonyl (C=O) groups is 1. The molecule has 3 nitrogen and oxygen atoms in total. The van der Waals surface area contributed by atoms with E-state index in [2.05, 4.69) is 32.2 Å². The number of amides is 1. The molecule has 1 aromatic carbocycles. The van der Waals surface area contributed by atoms with Gasteiger partial charge in [0.15, 0.2) is 0 Å². The van der Waals surface area contributed by atoms with Gasteiger partial charge in [0, 0.05) is 12.3 Å². The van der Waals surface area contributed by atoms with Crippen LogP contribution in [0.5, 0.6) is 0 Å². The predicted molar refractivity (Wildman–Crippen MR) is 72.7 cm³/mol. The van der Waals surface area contributed by atoms with Crippen molar-refractivity contribution in [2.24, 2.45) is 0 Å². The van der Waals surface area contributed by atoms with Crippen molar-refractivity contribution in [2.45, 2.75) is 45.1 Å². The van der Waals surface area contributed by atoms with E-state index >= 15 is 0 Å². The average Bonchev–Trinajstić information content (AvgIpc) is 2.81. The maximum atomic E-state index is 12.1. The number of benzene rings is 1. The van der Waals surface area contributed by atoms with Gasteiger partial charge in [0.05, 0.1) is 0 Å². The standard InChI is InChI=1S/C15H21NO2/c1-15(2,3)11-7-4-5-8-12(11)16-14(17)13-9-6-10-18-13/h4-5,7-8,13H,6,9-10H2,1-3H3,(H,16,17)/t13-/m0/s1. The summed E-state index contributed by atoms with van der Waals surface area (Å²) in [5, 5.41) is 3.00. The highest BCUT2D eigenvalue weighted by Gasteiger charge is 2.25. The fourth-order valence-electron chi connectivity index (χ4n) is 2.24. The molecule has 1 fully saturated rings. The van der Waals surface area contributed by atoms with E-state index in [-0.39, 0.29) is 17.4 Å². The number of hydrogen-bond acceptors (Lipinski definition) is 2. The second-order valence-corrected chi connectivity index (χ2v) is 5.79. The van der Waals surface area contributed by atoms with Gasteiger partial charge >= 0.3 is 0 Å². The Bertz CT molecular complexity index is 428. The first-order valence-corrected chi connectivity index (χ1v) is 6.50. The van der Waals surface area contributed by atoms with Crippen molar-refractivity contribution in [3.05, 3.63) is 29.8 Å². The second kappa shape index (κ2) is 5.11. The molecule has 1 saturated heterocycles. The SMILES string of the molecule is CC(C)(C)c1ccccc1NC(=O)[C@@H]1CCCO1. The number of carbonyl (C=O) groups excluding carboxylic acids is 1. The van der Waals surface area contributed by atoms with Crippen LogP contribution in [0.15, 0.2) is 24.3 Å². The molecule has 1 atom stereocenters. The van der Waals surface area contributed by atoms with Crippen molar-refractivity contribution in [3.63, 3.8) is 0 Å². The number of ether oxygens (including phenoxy) is 1. The molecular weight excluding hydrogens is 226 g/mol. The third kappa shape index (κ3) is 2.91. The lowest BCUT2D eigenvalue weighted by molar-refractivity contribution is -0.124. The molecule has 18 heavy (non-hydrogen) atoms. The first-order chi connectivity index (χ1) is 8.48. The van der Waals surface area contributed by atoms with E-state index in [9.17, 15) is 4.79 Å². The fourth-order valence-corrected chi connectivity index (χ4v) is 2.24. The van der Waals surface area contributed by atoms with Crippen molar-refractivity contribution in [2.75, 3.05) is 11.9 Å². The highest BCUT2D eigenvalue weighted by Crippen LogP contribution is 2.29. The smallest absolute Gasteiger partial charge is 0.253 e. The zero-order chi connectivity index (χ0) is 13.2. The van der Waals surface area contributed by atoms with Crippen molar-refractivity contribution < 1.29 is 9.53 Å². The van der Waals surface area contributed by atoms with Crippen LogP contribution in [0.25, 0.3) is 0 Å². The van der Waals surface area contributed by atoms with E-state index < -0.39 is 0 Å². The predicted octanol–water partition coefficient (Wildman–Crippen LogP) is 3.10. The lowest BCUT2D eigenvalue weighted by atomic mass is 9.86. The van der Waals surface area contributed by atoms with Crippen molar-refractivity contribution in [1.82, 2.24) is 0 Å². The van der Waals surface area contributed by atoms with Crippen LogP contribution < -0.4 is 5.32 Å². The van der Waals surface area contributed by atoms with Gasteiger partial charge in [0.25, 0.3) is 5.91 Å².